The maximum absolute atomic E-state index is 11.1. The topological polar surface area (TPSA) is 78.5 Å². The third-order valence-electron chi connectivity index (χ3n) is 5.92. The first kappa shape index (κ1) is 26.6. The molecule has 0 aromatic heterocycles. The summed E-state index contributed by atoms with van der Waals surface area (Å²) in [6.45, 7) is 3.16. The molecular formula is C25H45N3O2. The number of hydrogen-bond donors (Lipinski definition) is 1. The van der Waals surface area contributed by atoms with Crippen molar-refractivity contribution in [2.75, 3.05) is 19.6 Å². The van der Waals surface area contributed by atoms with Crippen molar-refractivity contribution >= 4 is 11.8 Å². The maximum atomic E-state index is 11.1. The van der Waals surface area contributed by atoms with E-state index < -0.39 is 5.97 Å². The molecule has 1 rings (SSSR count). The van der Waals surface area contributed by atoms with E-state index in [0.29, 0.717) is 13.1 Å². The molecule has 0 saturated carbocycles. The molecule has 1 atom stereocenters. The standard InChI is InChI=1S/C25H45N3O2/c1-2-3-4-5-6-7-8-9-10-11-12-13-14-15-16-17-18-24-27-20-22-28(24,21-19-26)23-25(29)30/h4-5,20,22H,2-3,6-19,21,23,26H2,1H3/b5-4+. The van der Waals surface area contributed by atoms with Crippen LogP contribution in [0.2, 0.25) is 0 Å². The third kappa shape index (κ3) is 11.7. The molecule has 1 unspecified atom stereocenters. The predicted molar refractivity (Wildman–Crippen MR) is 125 cm³/mol. The van der Waals surface area contributed by atoms with Crippen LogP contribution < -0.4 is 10.8 Å². The summed E-state index contributed by atoms with van der Waals surface area (Å²) in [6.07, 6.45) is 27.1. The van der Waals surface area contributed by atoms with Crippen LogP contribution in [0.1, 0.15) is 103 Å². The van der Waals surface area contributed by atoms with Gasteiger partial charge in [-0.15, -0.1) is 0 Å². The molecule has 0 bridgehead atoms. The Morgan fingerprint density at radius 2 is 1.53 bits per heavy atom. The molecular weight excluding hydrogens is 374 g/mol. The average molecular weight is 420 g/mol. The highest BCUT2D eigenvalue weighted by atomic mass is 16.4. The summed E-state index contributed by atoms with van der Waals surface area (Å²) >= 11 is 0. The Balaban J connectivity index is 1.98. The summed E-state index contributed by atoms with van der Waals surface area (Å²) in [5.41, 5.74) is 5.70. The Kier molecular flexibility index (Phi) is 15.3. The molecule has 1 aliphatic rings. The fraction of sp³-hybridized carbons (Fsp3) is 0.760. The van der Waals surface area contributed by atoms with Gasteiger partial charge in [-0.2, -0.15) is 0 Å². The molecule has 0 saturated heterocycles. The zero-order valence-electron chi connectivity index (χ0n) is 19.3. The van der Waals surface area contributed by atoms with E-state index in [-0.39, 0.29) is 11.0 Å². The van der Waals surface area contributed by atoms with Crippen LogP contribution in [-0.4, -0.2) is 35.9 Å². The van der Waals surface area contributed by atoms with Gasteiger partial charge in [0, 0.05) is 13.0 Å². The van der Waals surface area contributed by atoms with Crippen molar-refractivity contribution in [2.45, 2.75) is 103 Å². The number of carbonyl (C=O) groups is 1. The minimum atomic E-state index is -1.05. The van der Waals surface area contributed by atoms with Crippen molar-refractivity contribution in [1.29, 1.82) is 0 Å². The predicted octanol–water partition coefficient (Wildman–Crippen LogP) is 4.82. The van der Waals surface area contributed by atoms with Crippen molar-refractivity contribution < 1.29 is 14.4 Å². The number of amidine groups is 1. The molecule has 0 radical (unpaired) electrons. The molecule has 1 heterocycles. The van der Waals surface area contributed by atoms with Crippen LogP contribution in [0.25, 0.3) is 0 Å². The normalized spacial score (nSPS) is 18.4. The molecule has 0 aliphatic carbocycles. The Morgan fingerprint density at radius 1 is 0.967 bits per heavy atom. The summed E-state index contributed by atoms with van der Waals surface area (Å²) in [6, 6.07) is 0. The Morgan fingerprint density at radius 3 is 2.10 bits per heavy atom. The number of carboxylic acids is 1. The number of nitrogens with two attached hydrogens (primary N) is 1. The van der Waals surface area contributed by atoms with Crippen molar-refractivity contribution in [1.82, 2.24) is 0 Å². The number of carbonyl (C=O) groups excluding carboxylic acids is 1. The highest BCUT2D eigenvalue weighted by Gasteiger charge is 2.34. The number of aliphatic imine (C=N–C) groups is 1. The minimum absolute atomic E-state index is 0.0674. The van der Waals surface area contributed by atoms with Crippen LogP contribution in [0.4, 0.5) is 0 Å². The van der Waals surface area contributed by atoms with Gasteiger partial charge in [0.15, 0.2) is 0 Å². The molecule has 0 aromatic carbocycles. The van der Waals surface area contributed by atoms with Crippen molar-refractivity contribution in [3.63, 3.8) is 0 Å². The fourth-order valence-corrected chi connectivity index (χ4v) is 4.16. The molecule has 0 spiro atoms. The van der Waals surface area contributed by atoms with Crippen LogP contribution in [0, 0.1) is 0 Å². The van der Waals surface area contributed by atoms with Crippen LogP contribution >= 0.6 is 0 Å². The first-order valence-corrected chi connectivity index (χ1v) is 12.3. The van der Waals surface area contributed by atoms with Gasteiger partial charge in [-0.25, -0.2) is 9.48 Å². The number of unbranched alkanes of at least 4 members (excludes halogenated alkanes) is 12. The molecule has 5 nitrogen and oxygen atoms in total. The van der Waals surface area contributed by atoms with Crippen LogP contribution in [0.3, 0.4) is 0 Å². The summed E-state index contributed by atoms with van der Waals surface area (Å²) in [7, 11) is 0. The molecule has 5 heteroatoms. The Labute approximate surface area is 184 Å². The van der Waals surface area contributed by atoms with Gasteiger partial charge in [0.1, 0.15) is 19.3 Å². The van der Waals surface area contributed by atoms with E-state index in [1.807, 2.05) is 6.20 Å². The maximum Gasteiger partial charge on any atom is 0.207 e. The smallest absolute Gasteiger partial charge is 0.207 e. The van der Waals surface area contributed by atoms with E-state index in [1.165, 1.54) is 83.5 Å². The number of hydrogen-bond acceptors (Lipinski definition) is 4. The van der Waals surface area contributed by atoms with Gasteiger partial charge >= 0.3 is 0 Å². The Bertz CT molecular complexity index is 543. The third-order valence-corrected chi connectivity index (χ3v) is 5.92. The summed E-state index contributed by atoms with van der Waals surface area (Å²) < 4.78 is 0.244. The summed E-state index contributed by atoms with van der Waals surface area (Å²) in [5, 5.41) is 11.1. The van der Waals surface area contributed by atoms with Crippen molar-refractivity contribution in [3.05, 3.63) is 24.6 Å². The summed E-state index contributed by atoms with van der Waals surface area (Å²) in [5.74, 6) is -0.128. The van der Waals surface area contributed by atoms with Gasteiger partial charge in [0.2, 0.25) is 5.84 Å². The fourth-order valence-electron chi connectivity index (χ4n) is 4.16. The van der Waals surface area contributed by atoms with Crippen molar-refractivity contribution in [2.24, 2.45) is 10.7 Å². The average Bonchev–Trinajstić information content (AvgIpc) is 3.09. The van der Waals surface area contributed by atoms with Crippen LogP contribution in [0.15, 0.2) is 29.5 Å². The van der Waals surface area contributed by atoms with Crippen LogP contribution in [0.5, 0.6) is 0 Å². The van der Waals surface area contributed by atoms with E-state index in [1.54, 1.807) is 6.20 Å². The number of rotatable bonds is 20. The zero-order valence-corrected chi connectivity index (χ0v) is 19.3. The van der Waals surface area contributed by atoms with Gasteiger partial charge in [0.25, 0.3) is 0 Å². The zero-order chi connectivity index (χ0) is 21.9. The van der Waals surface area contributed by atoms with E-state index in [0.717, 1.165) is 18.7 Å². The quantitative estimate of drug-likeness (QED) is 0.174. The van der Waals surface area contributed by atoms with Gasteiger partial charge in [-0.1, -0.05) is 83.3 Å². The molecule has 0 amide bonds. The lowest BCUT2D eigenvalue weighted by molar-refractivity contribution is -0.780. The molecule has 172 valence electrons. The molecule has 1 aliphatic heterocycles. The van der Waals surface area contributed by atoms with E-state index in [9.17, 15) is 9.90 Å². The SMILES string of the molecule is CCC/C=C/CCCCCCCCCCCCCC1=NC=C[N+]1(CCN)CC(=O)[O-]. The van der Waals surface area contributed by atoms with Crippen LogP contribution in [-0.2, 0) is 4.79 Å². The van der Waals surface area contributed by atoms with Crippen molar-refractivity contribution in [3.8, 4) is 0 Å². The number of quaternary nitrogens is 1. The van der Waals surface area contributed by atoms with Gasteiger partial charge < -0.3 is 15.6 Å². The first-order valence-electron chi connectivity index (χ1n) is 12.3. The van der Waals surface area contributed by atoms with Gasteiger partial charge in [-0.05, 0) is 25.7 Å². The lowest BCUT2D eigenvalue weighted by Gasteiger charge is -2.32. The molecule has 2 N–H and O–H groups in total. The highest BCUT2D eigenvalue weighted by molar-refractivity contribution is 5.80. The summed E-state index contributed by atoms with van der Waals surface area (Å²) in [4.78, 5) is 15.6. The monoisotopic (exact) mass is 419 g/mol. The second kappa shape index (κ2) is 17.2. The number of aliphatic carboxylic acids is 1. The molecule has 30 heavy (non-hydrogen) atoms. The largest absolute Gasteiger partial charge is 0.544 e. The Hall–Kier alpha value is -1.46. The molecule has 0 aromatic rings. The first-order chi connectivity index (χ1) is 14.6. The second-order valence-corrected chi connectivity index (χ2v) is 8.61. The van der Waals surface area contributed by atoms with E-state index in [4.69, 9.17) is 5.73 Å². The number of allylic oxidation sites excluding steroid dienone is 2. The minimum Gasteiger partial charge on any atom is -0.544 e. The molecule has 0 fully saturated rings. The van der Waals surface area contributed by atoms with Gasteiger partial charge in [0.05, 0.1) is 12.2 Å². The van der Waals surface area contributed by atoms with E-state index >= 15 is 0 Å². The highest BCUT2D eigenvalue weighted by Crippen LogP contribution is 2.21. The second-order valence-electron chi connectivity index (χ2n) is 8.61. The lowest BCUT2D eigenvalue weighted by Crippen LogP contribution is -2.55. The number of carboxylic acid groups (broad SMARTS) is 1. The number of nitrogens with zero attached hydrogens (tertiary/aromatic N) is 2. The van der Waals surface area contributed by atoms with E-state index in [2.05, 4.69) is 24.1 Å². The van der Waals surface area contributed by atoms with Gasteiger partial charge in [-0.3, -0.25) is 0 Å². The lowest BCUT2D eigenvalue weighted by atomic mass is 10.0.